The van der Waals surface area contributed by atoms with E-state index in [2.05, 4.69) is 45.3 Å². The largest absolute Gasteiger partial charge is 0.319 e. The number of hydrogen-bond acceptors (Lipinski definition) is 1. The second kappa shape index (κ2) is 8.20. The van der Waals surface area contributed by atoms with Crippen molar-refractivity contribution in [1.82, 2.24) is 4.57 Å². The number of allylic oxidation sites excluding steroid dienone is 1. The van der Waals surface area contributed by atoms with Gasteiger partial charge in [-0.25, -0.2) is 4.39 Å². The van der Waals surface area contributed by atoms with Crippen molar-refractivity contribution in [3.63, 3.8) is 0 Å². The van der Waals surface area contributed by atoms with Gasteiger partial charge in [0.2, 0.25) is 0 Å². The molecule has 2 aromatic carbocycles. The van der Waals surface area contributed by atoms with Crippen molar-refractivity contribution < 1.29 is 9.18 Å². The van der Waals surface area contributed by atoms with E-state index in [1.165, 1.54) is 12.1 Å². The lowest BCUT2D eigenvalue weighted by atomic mass is 9.95. The molecule has 0 N–H and O–H groups in total. The molecule has 0 radical (unpaired) electrons. The van der Waals surface area contributed by atoms with Gasteiger partial charge >= 0.3 is 0 Å². The van der Waals surface area contributed by atoms with E-state index < -0.39 is 0 Å². The van der Waals surface area contributed by atoms with Crippen LogP contribution < -0.4 is 0 Å². The highest BCUT2D eigenvalue weighted by molar-refractivity contribution is 5.98. The van der Waals surface area contributed by atoms with Gasteiger partial charge in [0.25, 0.3) is 0 Å². The summed E-state index contributed by atoms with van der Waals surface area (Å²) in [6.45, 7) is 10.6. The number of halogens is 1. The normalized spacial score (nSPS) is 12.1. The van der Waals surface area contributed by atoms with Gasteiger partial charge in [0.1, 0.15) is 5.82 Å². The molecule has 0 saturated carbocycles. The number of nitrogens with zero attached hydrogens (tertiary/aromatic N) is 1. The van der Waals surface area contributed by atoms with Gasteiger partial charge in [0.05, 0.1) is 5.69 Å². The molecule has 29 heavy (non-hydrogen) atoms. The van der Waals surface area contributed by atoms with E-state index >= 15 is 0 Å². The minimum atomic E-state index is -0.280. The second-order valence-corrected chi connectivity index (χ2v) is 8.72. The molecule has 0 aliphatic heterocycles. The van der Waals surface area contributed by atoms with Gasteiger partial charge in [-0.1, -0.05) is 71.0 Å². The molecule has 0 aliphatic rings. The van der Waals surface area contributed by atoms with Crippen molar-refractivity contribution in [3.05, 3.63) is 77.7 Å². The van der Waals surface area contributed by atoms with Crippen LogP contribution in [0.5, 0.6) is 0 Å². The molecule has 0 atom stereocenters. The maximum atomic E-state index is 13.6. The highest BCUT2D eigenvalue weighted by Gasteiger charge is 2.25. The van der Waals surface area contributed by atoms with Crippen molar-refractivity contribution in [3.8, 4) is 22.4 Å². The van der Waals surface area contributed by atoms with Gasteiger partial charge in [0.15, 0.2) is 6.29 Å². The number of hydrogen-bond donors (Lipinski definition) is 0. The number of carbonyl (C=O) groups excluding carboxylic acids is 1. The molecule has 1 aromatic heterocycles. The Morgan fingerprint density at radius 3 is 2.07 bits per heavy atom. The van der Waals surface area contributed by atoms with Crippen LogP contribution in [0.3, 0.4) is 0 Å². The Morgan fingerprint density at radius 2 is 1.55 bits per heavy atom. The molecule has 3 heteroatoms. The first-order valence-electron chi connectivity index (χ1n) is 9.97. The molecule has 0 fully saturated rings. The van der Waals surface area contributed by atoms with Gasteiger partial charge in [-0.05, 0) is 46.7 Å². The molecule has 2 nitrogen and oxygen atoms in total. The van der Waals surface area contributed by atoms with Crippen LogP contribution in [0.1, 0.15) is 56.6 Å². The predicted octanol–water partition coefficient (Wildman–Crippen LogP) is 7.41. The van der Waals surface area contributed by atoms with Crippen molar-refractivity contribution in [1.29, 1.82) is 0 Å². The highest BCUT2D eigenvalue weighted by Crippen LogP contribution is 2.41. The molecule has 3 rings (SSSR count). The summed E-state index contributed by atoms with van der Waals surface area (Å²) in [5.74, 6) is -0.144. The average Bonchev–Trinajstić information content (AvgIpc) is 3.01. The van der Waals surface area contributed by atoms with Crippen LogP contribution in [0.25, 0.3) is 28.6 Å². The Morgan fingerprint density at radius 1 is 0.931 bits per heavy atom. The second-order valence-electron chi connectivity index (χ2n) is 8.72. The fraction of sp³-hybridized carbons (Fsp3) is 0.269. The summed E-state index contributed by atoms with van der Waals surface area (Å²) in [6, 6.07) is 16.4. The van der Waals surface area contributed by atoms with Crippen LogP contribution in [0, 0.1) is 11.2 Å². The fourth-order valence-corrected chi connectivity index (χ4v) is 3.58. The highest BCUT2D eigenvalue weighted by atomic mass is 19.1. The van der Waals surface area contributed by atoms with E-state index in [-0.39, 0.29) is 17.2 Å². The van der Waals surface area contributed by atoms with E-state index in [0.717, 1.165) is 34.4 Å². The Labute approximate surface area is 172 Å². The van der Waals surface area contributed by atoms with E-state index in [4.69, 9.17) is 0 Å². The smallest absolute Gasteiger partial charge is 0.152 e. The molecular weight excluding hydrogens is 361 g/mol. The summed E-state index contributed by atoms with van der Waals surface area (Å²) < 4.78 is 15.7. The summed E-state index contributed by atoms with van der Waals surface area (Å²) in [7, 11) is 0. The Hall–Kier alpha value is -2.94. The van der Waals surface area contributed by atoms with Gasteiger partial charge in [-0.3, -0.25) is 4.79 Å². The molecule has 150 valence electrons. The molecule has 3 aromatic rings. The number of aldehydes is 1. The average molecular weight is 390 g/mol. The van der Waals surface area contributed by atoms with Crippen molar-refractivity contribution in [2.45, 2.75) is 40.5 Å². The first kappa shape index (κ1) is 20.8. The van der Waals surface area contributed by atoms with Crippen LogP contribution in [0.2, 0.25) is 0 Å². The van der Waals surface area contributed by atoms with Crippen molar-refractivity contribution >= 4 is 12.5 Å². The van der Waals surface area contributed by atoms with E-state index in [1.54, 1.807) is 12.1 Å². The van der Waals surface area contributed by atoms with Crippen LogP contribution in [-0.4, -0.2) is 10.9 Å². The first-order chi connectivity index (χ1) is 13.7. The SMILES string of the molecule is CC(C)c1c(C=O)c(-c2ccccc2)c(-c2ccc(F)cc2)n1/C=C/C(C)(C)C. The van der Waals surface area contributed by atoms with Gasteiger partial charge in [0, 0.05) is 23.0 Å². The van der Waals surface area contributed by atoms with E-state index in [0.29, 0.717) is 5.56 Å². The van der Waals surface area contributed by atoms with Crippen molar-refractivity contribution in [2.75, 3.05) is 0 Å². The van der Waals surface area contributed by atoms with Gasteiger partial charge < -0.3 is 4.57 Å². The number of benzene rings is 2. The molecule has 0 amide bonds. The third kappa shape index (κ3) is 4.40. The zero-order valence-corrected chi connectivity index (χ0v) is 17.7. The van der Waals surface area contributed by atoms with Crippen LogP contribution >= 0.6 is 0 Å². The van der Waals surface area contributed by atoms with Crippen LogP contribution in [0.4, 0.5) is 4.39 Å². The quantitative estimate of drug-likeness (QED) is 0.416. The maximum Gasteiger partial charge on any atom is 0.152 e. The number of aromatic nitrogens is 1. The molecule has 0 spiro atoms. The minimum absolute atomic E-state index is 0.0210. The summed E-state index contributed by atoms with van der Waals surface area (Å²) in [4.78, 5) is 12.3. The molecular formula is C26H28FNO. The lowest BCUT2D eigenvalue weighted by molar-refractivity contribution is 0.112. The van der Waals surface area contributed by atoms with Crippen molar-refractivity contribution in [2.24, 2.45) is 5.41 Å². The molecule has 0 aliphatic carbocycles. The monoisotopic (exact) mass is 389 g/mol. The molecule has 1 heterocycles. The predicted molar refractivity (Wildman–Crippen MR) is 120 cm³/mol. The Kier molecular flexibility index (Phi) is 5.88. The molecule has 0 saturated heterocycles. The van der Waals surface area contributed by atoms with Gasteiger partial charge in [-0.2, -0.15) is 0 Å². The molecule has 0 unspecified atom stereocenters. The lowest BCUT2D eigenvalue weighted by Gasteiger charge is -2.16. The van der Waals surface area contributed by atoms with E-state index in [9.17, 15) is 9.18 Å². The fourth-order valence-electron chi connectivity index (χ4n) is 3.58. The lowest BCUT2D eigenvalue weighted by Crippen LogP contribution is -2.04. The Balaban J connectivity index is 2.45. The molecule has 0 bridgehead atoms. The minimum Gasteiger partial charge on any atom is -0.319 e. The van der Waals surface area contributed by atoms with Gasteiger partial charge in [-0.15, -0.1) is 0 Å². The standard InChI is InChI=1S/C26H28FNO/c1-18(2)24-22(17-29)23(19-9-7-6-8-10-19)25(20-11-13-21(27)14-12-20)28(24)16-15-26(3,4)5/h6-18H,1-5H3/b16-15+. The summed E-state index contributed by atoms with van der Waals surface area (Å²) in [5, 5.41) is 0. The topological polar surface area (TPSA) is 22.0 Å². The maximum absolute atomic E-state index is 13.6. The first-order valence-corrected chi connectivity index (χ1v) is 9.97. The Bertz CT molecular complexity index is 1020. The summed E-state index contributed by atoms with van der Waals surface area (Å²) in [6.07, 6.45) is 5.13. The summed E-state index contributed by atoms with van der Waals surface area (Å²) in [5.41, 5.74) is 5.25. The summed E-state index contributed by atoms with van der Waals surface area (Å²) >= 11 is 0. The number of carbonyl (C=O) groups is 1. The third-order valence-electron chi connectivity index (χ3n) is 4.85. The number of rotatable bonds is 5. The van der Waals surface area contributed by atoms with E-state index in [1.807, 2.05) is 36.5 Å². The van der Waals surface area contributed by atoms with Crippen LogP contribution in [-0.2, 0) is 0 Å². The van der Waals surface area contributed by atoms with Crippen LogP contribution in [0.15, 0.2) is 60.7 Å². The zero-order valence-electron chi connectivity index (χ0n) is 17.7. The third-order valence-corrected chi connectivity index (χ3v) is 4.85. The zero-order chi connectivity index (χ0) is 21.2.